The van der Waals surface area contributed by atoms with Crippen LogP contribution in [0.2, 0.25) is 0 Å². The zero-order valence-electron chi connectivity index (χ0n) is 9.31. The fourth-order valence-electron chi connectivity index (χ4n) is 1.25. The van der Waals surface area contributed by atoms with Crippen molar-refractivity contribution in [2.24, 2.45) is 0 Å². The Hall–Kier alpha value is -1.76. The van der Waals surface area contributed by atoms with Gasteiger partial charge in [-0.15, -0.1) is 0 Å². The molecule has 0 saturated carbocycles. The molecule has 0 bridgehead atoms. The molecule has 0 aliphatic heterocycles. The van der Waals surface area contributed by atoms with Crippen LogP contribution in [-0.2, 0) is 4.74 Å². The lowest BCUT2D eigenvalue weighted by Gasteiger charge is -1.96. The van der Waals surface area contributed by atoms with Gasteiger partial charge in [0.2, 0.25) is 5.82 Å². The third kappa shape index (κ3) is 2.56. The van der Waals surface area contributed by atoms with Crippen LogP contribution < -0.4 is 0 Å². The summed E-state index contributed by atoms with van der Waals surface area (Å²) in [5.41, 5.74) is 0.530. The van der Waals surface area contributed by atoms with Crippen molar-refractivity contribution in [2.45, 2.75) is 6.92 Å². The fourth-order valence-corrected chi connectivity index (χ4v) is 1.63. The van der Waals surface area contributed by atoms with E-state index in [4.69, 9.17) is 9.26 Å². The Morgan fingerprint density at radius 1 is 1.56 bits per heavy atom. The molecule has 5 nitrogen and oxygen atoms in total. The molecule has 7 heteroatoms. The number of hydrogen-bond donors (Lipinski definition) is 0. The molecule has 2 rings (SSSR count). The average Bonchev–Trinajstić information content (AvgIpc) is 2.82. The summed E-state index contributed by atoms with van der Waals surface area (Å²) in [5.74, 6) is -1.11. The average molecular weight is 315 g/mol. The second-order valence-electron chi connectivity index (χ2n) is 3.27. The first kappa shape index (κ1) is 12.7. The number of ether oxygens (including phenoxy) is 1. The maximum Gasteiger partial charge on any atom is 0.397 e. The highest BCUT2D eigenvalue weighted by Crippen LogP contribution is 2.23. The summed E-state index contributed by atoms with van der Waals surface area (Å²) in [7, 11) is 0. The maximum atomic E-state index is 13.1. The molecule has 0 aliphatic rings. The number of hydrogen-bond acceptors (Lipinski definition) is 5. The van der Waals surface area contributed by atoms with Crippen LogP contribution in [0.15, 0.2) is 27.2 Å². The zero-order chi connectivity index (χ0) is 13.1. The molecule has 0 N–H and O–H groups in total. The Balaban J connectivity index is 2.29. The highest BCUT2D eigenvalue weighted by Gasteiger charge is 2.17. The Labute approximate surface area is 110 Å². The van der Waals surface area contributed by atoms with Crippen LogP contribution >= 0.6 is 15.9 Å². The second-order valence-corrected chi connectivity index (χ2v) is 4.13. The van der Waals surface area contributed by atoms with Crippen molar-refractivity contribution < 1.29 is 18.4 Å². The molecule has 0 aliphatic carbocycles. The summed E-state index contributed by atoms with van der Waals surface area (Å²) in [6, 6.07) is 4.24. The molecular weight excluding hydrogens is 307 g/mol. The van der Waals surface area contributed by atoms with Crippen molar-refractivity contribution in [1.82, 2.24) is 10.1 Å². The monoisotopic (exact) mass is 314 g/mol. The van der Waals surface area contributed by atoms with Gasteiger partial charge in [-0.1, -0.05) is 5.16 Å². The van der Waals surface area contributed by atoms with Crippen molar-refractivity contribution in [3.63, 3.8) is 0 Å². The first-order chi connectivity index (χ1) is 8.61. The van der Waals surface area contributed by atoms with E-state index < -0.39 is 11.8 Å². The van der Waals surface area contributed by atoms with E-state index >= 15 is 0 Å². The van der Waals surface area contributed by atoms with E-state index in [9.17, 15) is 9.18 Å². The molecule has 1 aromatic carbocycles. The molecule has 0 amide bonds. The topological polar surface area (TPSA) is 65.2 Å². The highest BCUT2D eigenvalue weighted by atomic mass is 79.9. The lowest BCUT2D eigenvalue weighted by molar-refractivity contribution is 0.0470. The van der Waals surface area contributed by atoms with Gasteiger partial charge in [-0.25, -0.2) is 9.18 Å². The first-order valence-electron chi connectivity index (χ1n) is 5.08. The predicted molar refractivity (Wildman–Crippen MR) is 63.3 cm³/mol. The predicted octanol–water partition coefficient (Wildman–Crippen LogP) is 2.81. The van der Waals surface area contributed by atoms with E-state index in [1.807, 2.05) is 0 Å². The Bertz CT molecular complexity index is 585. The van der Waals surface area contributed by atoms with Crippen molar-refractivity contribution in [2.75, 3.05) is 6.61 Å². The van der Waals surface area contributed by atoms with Gasteiger partial charge in [0, 0.05) is 5.56 Å². The fraction of sp³-hybridized carbons (Fsp3) is 0.182. The molecule has 0 fully saturated rings. The molecule has 0 spiro atoms. The number of benzene rings is 1. The molecule has 2 aromatic rings. The molecule has 0 unspecified atom stereocenters. The molecular formula is C11H8BrFN2O3. The number of rotatable bonds is 3. The number of nitrogens with zero attached hydrogens (tertiary/aromatic N) is 2. The number of halogens is 2. The van der Waals surface area contributed by atoms with Gasteiger partial charge in [0.05, 0.1) is 11.1 Å². The Morgan fingerprint density at radius 3 is 3.00 bits per heavy atom. The quantitative estimate of drug-likeness (QED) is 0.815. The summed E-state index contributed by atoms with van der Waals surface area (Å²) in [4.78, 5) is 15.2. The smallest absolute Gasteiger partial charge is 0.397 e. The van der Waals surface area contributed by atoms with E-state index in [2.05, 4.69) is 26.1 Å². The van der Waals surface area contributed by atoms with Crippen LogP contribution in [0, 0.1) is 5.82 Å². The van der Waals surface area contributed by atoms with E-state index in [0.717, 1.165) is 0 Å². The van der Waals surface area contributed by atoms with Gasteiger partial charge < -0.3 is 9.26 Å². The minimum atomic E-state index is -0.683. The molecule has 0 radical (unpaired) electrons. The molecule has 94 valence electrons. The van der Waals surface area contributed by atoms with Crippen LogP contribution in [0.25, 0.3) is 11.4 Å². The van der Waals surface area contributed by atoms with Crippen LogP contribution in [0.5, 0.6) is 0 Å². The molecule has 1 heterocycles. The van der Waals surface area contributed by atoms with Crippen LogP contribution in [-0.4, -0.2) is 22.7 Å². The van der Waals surface area contributed by atoms with Gasteiger partial charge in [0.25, 0.3) is 0 Å². The molecule has 0 saturated heterocycles. The van der Waals surface area contributed by atoms with Crippen molar-refractivity contribution in [1.29, 1.82) is 0 Å². The van der Waals surface area contributed by atoms with E-state index in [-0.39, 0.29) is 22.8 Å². The SMILES string of the molecule is CCOC(=O)c1nc(-c2ccc(F)c(Br)c2)no1. The molecule has 18 heavy (non-hydrogen) atoms. The van der Waals surface area contributed by atoms with Crippen LogP contribution in [0.1, 0.15) is 17.6 Å². The number of carbonyl (C=O) groups is 1. The third-order valence-electron chi connectivity index (χ3n) is 2.05. The van der Waals surface area contributed by atoms with Gasteiger partial charge in [0.1, 0.15) is 5.82 Å². The van der Waals surface area contributed by atoms with Crippen LogP contribution in [0.4, 0.5) is 4.39 Å². The van der Waals surface area contributed by atoms with Gasteiger partial charge in [-0.3, -0.25) is 0 Å². The maximum absolute atomic E-state index is 13.1. The van der Waals surface area contributed by atoms with E-state index in [1.165, 1.54) is 18.2 Å². The van der Waals surface area contributed by atoms with E-state index in [1.54, 1.807) is 6.92 Å². The summed E-state index contributed by atoms with van der Waals surface area (Å²) in [6.07, 6.45) is 0. The molecule has 1 aromatic heterocycles. The summed E-state index contributed by atoms with van der Waals surface area (Å²) < 4.78 is 22.8. The van der Waals surface area contributed by atoms with Gasteiger partial charge in [0.15, 0.2) is 0 Å². The Kier molecular flexibility index (Phi) is 3.71. The first-order valence-corrected chi connectivity index (χ1v) is 5.87. The van der Waals surface area contributed by atoms with Gasteiger partial charge >= 0.3 is 11.9 Å². The lowest BCUT2D eigenvalue weighted by Crippen LogP contribution is -2.04. The Morgan fingerprint density at radius 2 is 2.33 bits per heavy atom. The summed E-state index contributed by atoms with van der Waals surface area (Å²) in [5, 5.41) is 3.63. The van der Waals surface area contributed by atoms with Crippen molar-refractivity contribution in [3.8, 4) is 11.4 Å². The van der Waals surface area contributed by atoms with Crippen molar-refractivity contribution in [3.05, 3.63) is 34.4 Å². The van der Waals surface area contributed by atoms with Crippen LogP contribution in [0.3, 0.4) is 0 Å². The minimum Gasteiger partial charge on any atom is -0.459 e. The zero-order valence-corrected chi connectivity index (χ0v) is 10.9. The van der Waals surface area contributed by atoms with Gasteiger partial charge in [-0.05, 0) is 41.1 Å². The largest absolute Gasteiger partial charge is 0.459 e. The number of carbonyl (C=O) groups excluding carboxylic acids is 1. The standard InChI is InChI=1S/C11H8BrFN2O3/c1-2-17-11(16)10-14-9(15-18-10)6-3-4-8(13)7(12)5-6/h3-5H,2H2,1H3. The normalized spacial score (nSPS) is 10.4. The third-order valence-corrected chi connectivity index (χ3v) is 2.66. The lowest BCUT2D eigenvalue weighted by atomic mass is 10.2. The summed E-state index contributed by atoms with van der Waals surface area (Å²) >= 11 is 3.05. The van der Waals surface area contributed by atoms with E-state index in [0.29, 0.717) is 5.56 Å². The number of esters is 1. The molecule has 0 atom stereocenters. The highest BCUT2D eigenvalue weighted by molar-refractivity contribution is 9.10. The number of aromatic nitrogens is 2. The summed E-state index contributed by atoms with van der Waals surface area (Å²) in [6.45, 7) is 1.89. The van der Waals surface area contributed by atoms with Gasteiger partial charge in [-0.2, -0.15) is 4.98 Å². The minimum absolute atomic E-state index is 0.193. The van der Waals surface area contributed by atoms with Crippen molar-refractivity contribution >= 4 is 21.9 Å². The second kappa shape index (κ2) is 5.26.